The highest BCUT2D eigenvalue weighted by Gasteiger charge is 2.11. The lowest BCUT2D eigenvalue weighted by atomic mass is 10.2. The SMILES string of the molecule is CN(CC(=O)Nc1ccccc1Cl)c1ccc(Br)cc1N. The summed E-state index contributed by atoms with van der Waals surface area (Å²) in [6.45, 7) is 0.178. The number of rotatable bonds is 4. The molecule has 0 radical (unpaired) electrons. The number of carbonyl (C=O) groups is 1. The fourth-order valence-electron chi connectivity index (χ4n) is 1.93. The second-order valence-corrected chi connectivity index (χ2v) is 5.91. The molecule has 0 aromatic heterocycles. The summed E-state index contributed by atoms with van der Waals surface area (Å²) in [6.07, 6.45) is 0. The molecule has 0 saturated heterocycles. The van der Waals surface area contributed by atoms with Crippen LogP contribution in [0.5, 0.6) is 0 Å². The molecular formula is C15H15BrClN3O. The lowest BCUT2D eigenvalue weighted by Gasteiger charge is -2.20. The normalized spacial score (nSPS) is 10.2. The number of halogens is 2. The number of para-hydroxylation sites is 1. The second-order valence-electron chi connectivity index (χ2n) is 4.59. The number of carbonyl (C=O) groups excluding carboxylic acids is 1. The van der Waals surface area contributed by atoms with Gasteiger partial charge in [0.1, 0.15) is 0 Å². The van der Waals surface area contributed by atoms with Crippen LogP contribution in [0.4, 0.5) is 17.1 Å². The standard InChI is InChI=1S/C15H15BrClN3O/c1-20(14-7-6-10(16)8-12(14)18)9-15(21)19-13-5-3-2-4-11(13)17/h2-8H,9,18H2,1H3,(H,19,21). The van der Waals surface area contributed by atoms with Gasteiger partial charge in [0.15, 0.2) is 0 Å². The van der Waals surface area contributed by atoms with Crippen molar-refractivity contribution in [1.29, 1.82) is 0 Å². The number of amides is 1. The highest BCUT2D eigenvalue weighted by Crippen LogP contribution is 2.26. The Morgan fingerprint density at radius 3 is 2.71 bits per heavy atom. The fourth-order valence-corrected chi connectivity index (χ4v) is 2.49. The molecule has 0 unspecified atom stereocenters. The first-order valence-electron chi connectivity index (χ1n) is 6.28. The molecular weight excluding hydrogens is 354 g/mol. The van der Waals surface area contributed by atoms with Crippen molar-refractivity contribution in [1.82, 2.24) is 0 Å². The summed E-state index contributed by atoms with van der Waals surface area (Å²) >= 11 is 9.37. The van der Waals surface area contributed by atoms with E-state index in [-0.39, 0.29) is 12.5 Å². The summed E-state index contributed by atoms with van der Waals surface area (Å²) in [6, 6.07) is 12.7. The lowest BCUT2D eigenvalue weighted by Crippen LogP contribution is -2.30. The highest BCUT2D eigenvalue weighted by molar-refractivity contribution is 9.10. The van der Waals surface area contributed by atoms with Crippen LogP contribution in [-0.2, 0) is 4.79 Å². The molecule has 4 nitrogen and oxygen atoms in total. The van der Waals surface area contributed by atoms with Crippen molar-refractivity contribution in [3.63, 3.8) is 0 Å². The molecule has 1 amide bonds. The maximum absolute atomic E-state index is 12.1. The van der Waals surface area contributed by atoms with Crippen LogP contribution in [0.15, 0.2) is 46.9 Å². The zero-order valence-electron chi connectivity index (χ0n) is 11.4. The number of hydrogen-bond acceptors (Lipinski definition) is 3. The van der Waals surface area contributed by atoms with Gasteiger partial charge in [0.05, 0.1) is 28.6 Å². The van der Waals surface area contributed by atoms with E-state index in [0.717, 1.165) is 10.2 Å². The minimum absolute atomic E-state index is 0.159. The number of likely N-dealkylation sites (N-methyl/N-ethyl adjacent to an activating group) is 1. The second kappa shape index (κ2) is 6.83. The monoisotopic (exact) mass is 367 g/mol. The summed E-state index contributed by atoms with van der Waals surface area (Å²) in [5.41, 5.74) is 7.96. The average molecular weight is 369 g/mol. The third-order valence-corrected chi connectivity index (χ3v) is 3.75. The molecule has 21 heavy (non-hydrogen) atoms. The summed E-state index contributed by atoms with van der Waals surface area (Å²) in [5, 5.41) is 3.29. The Kier molecular flexibility index (Phi) is 5.09. The van der Waals surface area contributed by atoms with Gasteiger partial charge in [-0.2, -0.15) is 0 Å². The maximum atomic E-state index is 12.1. The number of nitrogens with two attached hydrogens (primary N) is 1. The minimum Gasteiger partial charge on any atom is -0.397 e. The van der Waals surface area contributed by atoms with E-state index in [1.165, 1.54) is 0 Å². The predicted octanol–water partition coefficient (Wildman–Crippen LogP) is 3.76. The van der Waals surface area contributed by atoms with Crippen LogP contribution >= 0.6 is 27.5 Å². The third-order valence-electron chi connectivity index (χ3n) is 2.93. The van der Waals surface area contributed by atoms with Gasteiger partial charge in [-0.25, -0.2) is 0 Å². The Morgan fingerprint density at radius 2 is 2.05 bits per heavy atom. The van der Waals surface area contributed by atoms with Crippen LogP contribution in [0.1, 0.15) is 0 Å². The van der Waals surface area contributed by atoms with Crippen LogP contribution in [0, 0.1) is 0 Å². The van der Waals surface area contributed by atoms with Gasteiger partial charge in [-0.15, -0.1) is 0 Å². The summed E-state index contributed by atoms with van der Waals surface area (Å²) in [4.78, 5) is 13.9. The van der Waals surface area contributed by atoms with Crippen molar-refractivity contribution in [3.8, 4) is 0 Å². The zero-order valence-corrected chi connectivity index (χ0v) is 13.8. The molecule has 6 heteroatoms. The molecule has 0 heterocycles. The van der Waals surface area contributed by atoms with E-state index in [9.17, 15) is 4.79 Å². The molecule has 3 N–H and O–H groups in total. The smallest absolute Gasteiger partial charge is 0.243 e. The summed E-state index contributed by atoms with van der Waals surface area (Å²) in [5.74, 6) is -0.159. The molecule has 0 atom stereocenters. The quantitative estimate of drug-likeness (QED) is 0.808. The topological polar surface area (TPSA) is 58.4 Å². The van der Waals surface area contributed by atoms with E-state index < -0.39 is 0 Å². The van der Waals surface area contributed by atoms with Crippen LogP contribution < -0.4 is 16.0 Å². The molecule has 0 aliphatic carbocycles. The van der Waals surface area contributed by atoms with Crippen molar-refractivity contribution in [2.75, 3.05) is 29.5 Å². The zero-order chi connectivity index (χ0) is 15.4. The van der Waals surface area contributed by atoms with Gasteiger partial charge >= 0.3 is 0 Å². The van der Waals surface area contributed by atoms with E-state index >= 15 is 0 Å². The maximum Gasteiger partial charge on any atom is 0.243 e. The van der Waals surface area contributed by atoms with Crippen molar-refractivity contribution in [2.45, 2.75) is 0 Å². The van der Waals surface area contributed by atoms with Gasteiger partial charge in [-0.1, -0.05) is 39.7 Å². The van der Waals surface area contributed by atoms with Crippen LogP contribution in [-0.4, -0.2) is 19.5 Å². The number of nitrogens with one attached hydrogen (secondary N) is 1. The van der Waals surface area contributed by atoms with Crippen molar-refractivity contribution in [2.24, 2.45) is 0 Å². The molecule has 0 aliphatic rings. The van der Waals surface area contributed by atoms with E-state index in [2.05, 4.69) is 21.2 Å². The molecule has 0 saturated carbocycles. The Bertz CT molecular complexity index is 663. The van der Waals surface area contributed by atoms with E-state index in [4.69, 9.17) is 17.3 Å². The lowest BCUT2D eigenvalue weighted by molar-refractivity contribution is -0.114. The van der Waals surface area contributed by atoms with E-state index in [1.54, 1.807) is 23.1 Å². The van der Waals surface area contributed by atoms with Gasteiger partial charge in [0, 0.05) is 11.5 Å². The van der Waals surface area contributed by atoms with Crippen molar-refractivity contribution < 1.29 is 4.79 Å². The minimum atomic E-state index is -0.159. The molecule has 0 fully saturated rings. The van der Waals surface area contributed by atoms with Gasteiger partial charge in [0.25, 0.3) is 0 Å². The molecule has 110 valence electrons. The Hall–Kier alpha value is -1.72. The largest absolute Gasteiger partial charge is 0.397 e. The first kappa shape index (κ1) is 15.7. The Labute approximate surface area is 137 Å². The fraction of sp³-hybridized carbons (Fsp3) is 0.133. The molecule has 2 rings (SSSR count). The van der Waals surface area contributed by atoms with E-state index in [0.29, 0.717) is 16.4 Å². The predicted molar refractivity (Wildman–Crippen MR) is 91.9 cm³/mol. The molecule has 0 aliphatic heterocycles. The number of nitrogens with zero attached hydrogens (tertiary/aromatic N) is 1. The van der Waals surface area contributed by atoms with Crippen LogP contribution in [0.25, 0.3) is 0 Å². The Morgan fingerprint density at radius 1 is 1.33 bits per heavy atom. The van der Waals surface area contributed by atoms with Crippen molar-refractivity contribution in [3.05, 3.63) is 52.0 Å². The number of nitrogen functional groups attached to an aromatic ring is 1. The highest BCUT2D eigenvalue weighted by atomic mass is 79.9. The van der Waals surface area contributed by atoms with Gasteiger partial charge in [-0.3, -0.25) is 4.79 Å². The van der Waals surface area contributed by atoms with Gasteiger partial charge in [0.2, 0.25) is 5.91 Å². The van der Waals surface area contributed by atoms with Gasteiger partial charge in [-0.05, 0) is 30.3 Å². The molecule has 2 aromatic carbocycles. The molecule has 0 spiro atoms. The molecule has 2 aromatic rings. The molecule has 0 bridgehead atoms. The number of hydrogen-bond donors (Lipinski definition) is 2. The first-order chi connectivity index (χ1) is 9.97. The van der Waals surface area contributed by atoms with Gasteiger partial charge < -0.3 is 16.0 Å². The average Bonchev–Trinajstić information content (AvgIpc) is 2.41. The summed E-state index contributed by atoms with van der Waals surface area (Å²) < 4.78 is 0.901. The Balaban J connectivity index is 2.04. The van der Waals surface area contributed by atoms with Crippen molar-refractivity contribution >= 4 is 50.5 Å². The number of benzene rings is 2. The van der Waals surface area contributed by atoms with Crippen LogP contribution in [0.3, 0.4) is 0 Å². The number of anilines is 3. The van der Waals surface area contributed by atoms with Crippen LogP contribution in [0.2, 0.25) is 5.02 Å². The van der Waals surface area contributed by atoms with E-state index in [1.807, 2.05) is 31.3 Å². The third kappa shape index (κ3) is 4.12. The summed E-state index contributed by atoms with van der Waals surface area (Å²) in [7, 11) is 1.81. The first-order valence-corrected chi connectivity index (χ1v) is 7.45.